The van der Waals surface area contributed by atoms with Crippen molar-refractivity contribution in [2.45, 2.75) is 89.3 Å². The Balaban J connectivity index is 1.55. The van der Waals surface area contributed by atoms with Crippen LogP contribution in [-0.2, 0) is 23.0 Å². The minimum atomic E-state index is -4.86. The van der Waals surface area contributed by atoms with Gasteiger partial charge in [0.25, 0.3) is 0 Å². The van der Waals surface area contributed by atoms with Gasteiger partial charge in [0.1, 0.15) is 5.75 Å². The molecular formula is C38H44F3NO6S. The van der Waals surface area contributed by atoms with Crippen LogP contribution in [0.25, 0.3) is 0 Å². The lowest BCUT2D eigenvalue weighted by atomic mass is 9.64. The van der Waals surface area contributed by atoms with Crippen molar-refractivity contribution in [1.82, 2.24) is 4.31 Å². The lowest BCUT2D eigenvalue weighted by molar-refractivity contribution is -0.274. The van der Waals surface area contributed by atoms with Crippen molar-refractivity contribution in [1.29, 1.82) is 0 Å². The largest absolute Gasteiger partial charge is 0.573 e. The molecule has 1 fully saturated rings. The molecule has 49 heavy (non-hydrogen) atoms. The summed E-state index contributed by atoms with van der Waals surface area (Å²) in [4.78, 5) is 14.1. The maximum absolute atomic E-state index is 14.1. The summed E-state index contributed by atoms with van der Waals surface area (Å²) in [5, 5.41) is 23.5. The first-order valence-electron chi connectivity index (χ1n) is 16.6. The van der Waals surface area contributed by atoms with Crippen LogP contribution in [0.1, 0.15) is 90.9 Å². The number of ketones is 1. The smallest absolute Gasteiger partial charge is 0.406 e. The molecule has 7 nitrogen and oxygen atoms in total. The van der Waals surface area contributed by atoms with E-state index >= 15 is 0 Å². The highest BCUT2D eigenvalue weighted by atomic mass is 32.2. The second kappa shape index (κ2) is 14.4. The molecule has 2 N–H and O–H groups in total. The van der Waals surface area contributed by atoms with E-state index in [0.29, 0.717) is 55.2 Å². The first-order chi connectivity index (χ1) is 23.0. The molecule has 1 saturated carbocycles. The van der Waals surface area contributed by atoms with E-state index in [1.807, 2.05) is 38.1 Å². The van der Waals surface area contributed by atoms with Gasteiger partial charge in [-0.25, -0.2) is 8.42 Å². The number of aliphatic hydroxyl groups is 2. The fraction of sp³-hybridized carbons (Fsp3) is 0.447. The Morgan fingerprint density at radius 2 is 1.71 bits per heavy atom. The predicted molar refractivity (Wildman–Crippen MR) is 182 cm³/mol. The van der Waals surface area contributed by atoms with Gasteiger partial charge < -0.3 is 14.9 Å². The van der Waals surface area contributed by atoms with Crippen LogP contribution in [0, 0.1) is 5.41 Å². The molecule has 264 valence electrons. The van der Waals surface area contributed by atoms with E-state index in [2.05, 4.69) is 10.8 Å². The summed E-state index contributed by atoms with van der Waals surface area (Å²) < 4.78 is 69.6. The zero-order valence-electron chi connectivity index (χ0n) is 28.0. The average molecular weight is 700 g/mol. The number of alkyl halides is 3. The quantitative estimate of drug-likeness (QED) is 0.189. The van der Waals surface area contributed by atoms with Crippen molar-refractivity contribution in [3.63, 3.8) is 0 Å². The molecule has 4 atom stereocenters. The summed E-state index contributed by atoms with van der Waals surface area (Å²) in [5.41, 5.74) is 1.78. The van der Waals surface area contributed by atoms with E-state index in [1.165, 1.54) is 16.4 Å². The van der Waals surface area contributed by atoms with Crippen LogP contribution >= 0.6 is 0 Å². The van der Waals surface area contributed by atoms with E-state index < -0.39 is 39.3 Å². The number of ether oxygens (including phenoxy) is 1. The molecule has 3 aliphatic rings. The van der Waals surface area contributed by atoms with E-state index in [-0.39, 0.29) is 31.2 Å². The van der Waals surface area contributed by atoms with Crippen LogP contribution < -0.4 is 4.74 Å². The van der Waals surface area contributed by atoms with Crippen LogP contribution in [-0.4, -0.2) is 59.6 Å². The Bertz CT molecular complexity index is 1780. The minimum Gasteiger partial charge on any atom is -0.406 e. The molecule has 0 heterocycles. The number of nitrogens with zero attached hydrogens (tertiary/aromatic N) is 1. The topological polar surface area (TPSA) is 104 Å². The first kappa shape index (κ1) is 36.8. The number of sulfonamides is 1. The molecular weight excluding hydrogens is 655 g/mol. The lowest BCUT2D eigenvalue weighted by Gasteiger charge is -2.45. The highest BCUT2D eigenvalue weighted by Gasteiger charge is 2.58. The molecule has 2 bridgehead atoms. The number of hydrogen-bond acceptors (Lipinski definition) is 6. The number of carbonyl (C=O) groups is 1. The van der Waals surface area contributed by atoms with Gasteiger partial charge in [0.2, 0.25) is 10.0 Å². The van der Waals surface area contributed by atoms with Crippen LogP contribution in [0.2, 0.25) is 0 Å². The van der Waals surface area contributed by atoms with Gasteiger partial charge in [0.05, 0.1) is 18.0 Å². The third kappa shape index (κ3) is 8.63. The maximum Gasteiger partial charge on any atom is 0.573 e. The van der Waals surface area contributed by atoms with Crippen molar-refractivity contribution >= 4 is 15.8 Å². The highest BCUT2D eigenvalue weighted by molar-refractivity contribution is 7.88. The van der Waals surface area contributed by atoms with Gasteiger partial charge >= 0.3 is 6.36 Å². The number of rotatable bonds is 8. The van der Waals surface area contributed by atoms with Gasteiger partial charge in [-0.05, 0) is 92.7 Å². The van der Waals surface area contributed by atoms with E-state index in [4.69, 9.17) is 0 Å². The fourth-order valence-electron chi connectivity index (χ4n) is 7.52. The number of allylic oxidation sites excluding steroid dienone is 2. The Labute approximate surface area is 286 Å². The minimum absolute atomic E-state index is 0.164. The van der Waals surface area contributed by atoms with E-state index in [1.54, 1.807) is 24.3 Å². The number of benzene rings is 3. The van der Waals surface area contributed by atoms with Gasteiger partial charge in [-0.2, -0.15) is 4.31 Å². The van der Waals surface area contributed by atoms with Crippen LogP contribution in [0.4, 0.5) is 13.2 Å². The molecule has 0 unspecified atom stereocenters. The van der Waals surface area contributed by atoms with E-state index in [0.717, 1.165) is 35.1 Å². The van der Waals surface area contributed by atoms with Crippen LogP contribution in [0.3, 0.4) is 0 Å². The first-order valence-corrected chi connectivity index (χ1v) is 18.4. The molecule has 3 aromatic rings. The summed E-state index contributed by atoms with van der Waals surface area (Å²) in [6, 6.07) is 19.7. The third-order valence-corrected chi connectivity index (χ3v) is 11.6. The Hall–Kier alpha value is -3.51. The monoisotopic (exact) mass is 699 g/mol. The Morgan fingerprint density at radius 1 is 1.02 bits per heavy atom. The van der Waals surface area contributed by atoms with Crippen molar-refractivity contribution < 1.29 is 41.3 Å². The van der Waals surface area contributed by atoms with Gasteiger partial charge in [-0.1, -0.05) is 73.2 Å². The fourth-order valence-corrected chi connectivity index (χ4v) is 8.36. The molecule has 0 saturated heterocycles. The van der Waals surface area contributed by atoms with Crippen molar-refractivity contribution in [3.8, 4) is 5.75 Å². The maximum atomic E-state index is 14.1. The number of hydrogen-bond donors (Lipinski definition) is 2. The van der Waals surface area contributed by atoms with Crippen LogP contribution in [0.5, 0.6) is 5.75 Å². The molecule has 0 aromatic heterocycles. The summed E-state index contributed by atoms with van der Waals surface area (Å²) in [5.74, 6) is -0.893. The molecule has 0 radical (unpaired) electrons. The Kier molecular flexibility index (Phi) is 10.8. The van der Waals surface area contributed by atoms with Gasteiger partial charge in [0, 0.05) is 29.6 Å². The number of aliphatic hydroxyl groups excluding tert-OH is 1. The summed E-state index contributed by atoms with van der Waals surface area (Å²) in [6.07, 6.45) is 1.21. The number of carbonyl (C=O) groups excluding carboxylic acids is 1. The normalized spacial score (nSPS) is 25.0. The average Bonchev–Trinajstić information content (AvgIpc) is 3.28. The van der Waals surface area contributed by atoms with Gasteiger partial charge in [-0.3, -0.25) is 4.79 Å². The molecule has 11 heteroatoms. The standard InChI is InChI=1S/C38H44F3NO6S/c1-26-8-7-20-36(2)34(32-18-14-28(22-30(43)15-11-26)23-33(32)35(44)29-9-5-4-6-10-29)19-21-37(36,45)25-42(49(3,46)47)24-27-12-16-31(17-13-27)48-38(39,40)41/h4-6,8-10,12-14,16-18,23,30,34,43,45H,7,11,15,19-22,24-25H2,1-3H3/t30-,34-,36-,37+/m0/s1. The molecule has 0 spiro atoms. The van der Waals surface area contributed by atoms with Crippen molar-refractivity contribution in [2.75, 3.05) is 12.8 Å². The second-order valence-electron chi connectivity index (χ2n) is 13.9. The summed E-state index contributed by atoms with van der Waals surface area (Å²) >= 11 is 0. The molecule has 3 aliphatic carbocycles. The third-order valence-electron chi connectivity index (χ3n) is 10.4. The van der Waals surface area contributed by atoms with Crippen molar-refractivity contribution in [2.24, 2.45) is 5.41 Å². The zero-order chi connectivity index (χ0) is 35.6. The highest BCUT2D eigenvalue weighted by Crippen LogP contribution is 2.59. The lowest BCUT2D eigenvalue weighted by Crippen LogP contribution is -2.53. The van der Waals surface area contributed by atoms with Gasteiger partial charge in [0.15, 0.2) is 5.78 Å². The summed E-state index contributed by atoms with van der Waals surface area (Å²) in [7, 11) is -3.89. The molecule has 0 amide bonds. The zero-order valence-corrected chi connectivity index (χ0v) is 28.9. The molecule has 6 rings (SSSR count). The van der Waals surface area contributed by atoms with Crippen LogP contribution in [0.15, 0.2) is 84.4 Å². The Morgan fingerprint density at radius 3 is 2.37 bits per heavy atom. The summed E-state index contributed by atoms with van der Waals surface area (Å²) in [6.45, 7) is 3.58. The molecule has 3 aromatic carbocycles. The van der Waals surface area contributed by atoms with Gasteiger partial charge in [-0.15, -0.1) is 13.2 Å². The number of fused-ring (bicyclic) bond motifs is 8. The predicted octanol–water partition coefficient (Wildman–Crippen LogP) is 7.32. The number of halogens is 3. The SMILES string of the molecule is CC1=CCC[C@@]2(C)[C@@H](CC[C@@]2(O)CN(Cc2ccc(OC(F)(F)F)cc2)S(C)(=O)=O)c2ccc(cc2C(=O)c2ccccc2)C[C@@H](O)CC1. The second-order valence-corrected chi connectivity index (χ2v) is 15.8. The van der Waals surface area contributed by atoms with Crippen molar-refractivity contribution in [3.05, 3.63) is 112 Å². The van der Waals surface area contributed by atoms with E-state index in [9.17, 15) is 36.6 Å². The molecule has 0 aliphatic heterocycles.